The Hall–Kier alpha value is -1.07. The number of halogens is 2. The van der Waals surface area contributed by atoms with Crippen LogP contribution in [0.3, 0.4) is 0 Å². The predicted octanol–water partition coefficient (Wildman–Crippen LogP) is 2.38. The molecule has 0 saturated carbocycles. The Kier molecular flexibility index (Phi) is 2.67. The zero-order chi connectivity index (χ0) is 11.0. The molecule has 78 valence electrons. The number of fused-ring (bicyclic) bond motifs is 1. The van der Waals surface area contributed by atoms with Gasteiger partial charge >= 0.3 is 5.97 Å². The van der Waals surface area contributed by atoms with Crippen molar-refractivity contribution in [2.24, 2.45) is 0 Å². The van der Waals surface area contributed by atoms with E-state index >= 15 is 0 Å². The molecule has 0 radical (unpaired) electrons. The number of carbonyl (C=O) groups is 1. The van der Waals surface area contributed by atoms with Gasteiger partial charge in [0.2, 0.25) is 0 Å². The molecule has 2 rings (SSSR count). The van der Waals surface area contributed by atoms with Crippen LogP contribution < -0.4 is 0 Å². The van der Waals surface area contributed by atoms with Gasteiger partial charge in [-0.05, 0) is 28.1 Å². The largest absolute Gasteiger partial charge is 0.481 e. The summed E-state index contributed by atoms with van der Waals surface area (Å²) in [7, 11) is 0. The van der Waals surface area contributed by atoms with E-state index in [1.54, 1.807) is 22.7 Å². The van der Waals surface area contributed by atoms with Gasteiger partial charge in [0.15, 0.2) is 0 Å². The van der Waals surface area contributed by atoms with E-state index in [-0.39, 0.29) is 6.42 Å². The Balaban J connectivity index is 2.68. The summed E-state index contributed by atoms with van der Waals surface area (Å²) < 4.78 is 2.23. The standard InChI is InChI=1S/C9H6BrClN2O2/c10-9-8-5(11)2-1-3-13(8)6(12-9)4-7(14)15/h1-3H,4H2,(H,14,15). The van der Waals surface area contributed by atoms with Gasteiger partial charge in [-0.25, -0.2) is 4.98 Å². The molecule has 0 aliphatic rings. The monoisotopic (exact) mass is 288 g/mol. The first-order chi connectivity index (χ1) is 7.09. The molecule has 0 aliphatic carbocycles. The van der Waals surface area contributed by atoms with Crippen molar-refractivity contribution in [2.75, 3.05) is 0 Å². The first-order valence-corrected chi connectivity index (χ1v) is 5.29. The second-order valence-electron chi connectivity index (χ2n) is 2.96. The number of nitrogens with zero attached hydrogens (tertiary/aromatic N) is 2. The van der Waals surface area contributed by atoms with Gasteiger partial charge < -0.3 is 9.51 Å². The van der Waals surface area contributed by atoms with Crippen LogP contribution in [0.4, 0.5) is 0 Å². The molecule has 15 heavy (non-hydrogen) atoms. The van der Waals surface area contributed by atoms with E-state index in [9.17, 15) is 4.79 Å². The topological polar surface area (TPSA) is 54.6 Å². The van der Waals surface area contributed by atoms with E-state index in [2.05, 4.69) is 20.9 Å². The zero-order valence-electron chi connectivity index (χ0n) is 7.44. The lowest BCUT2D eigenvalue weighted by Crippen LogP contribution is -2.04. The van der Waals surface area contributed by atoms with Crippen LogP contribution in [0.15, 0.2) is 22.9 Å². The van der Waals surface area contributed by atoms with Crippen LogP contribution in [-0.2, 0) is 11.2 Å². The van der Waals surface area contributed by atoms with Gasteiger partial charge in [-0.3, -0.25) is 4.79 Å². The molecule has 0 atom stereocenters. The normalized spacial score (nSPS) is 10.8. The van der Waals surface area contributed by atoms with Crippen LogP contribution in [-0.4, -0.2) is 20.5 Å². The Bertz CT molecular complexity index is 538. The fourth-order valence-electron chi connectivity index (χ4n) is 1.38. The number of carboxylic acid groups (broad SMARTS) is 1. The lowest BCUT2D eigenvalue weighted by atomic mass is 10.4. The number of aromatic nitrogens is 2. The van der Waals surface area contributed by atoms with Gasteiger partial charge in [0.1, 0.15) is 16.8 Å². The molecule has 2 heterocycles. The maximum absolute atomic E-state index is 10.6. The summed E-state index contributed by atoms with van der Waals surface area (Å²) in [4.78, 5) is 14.7. The average molecular weight is 290 g/mol. The molecule has 0 amide bonds. The molecular weight excluding hydrogens is 283 g/mol. The van der Waals surface area contributed by atoms with E-state index < -0.39 is 5.97 Å². The van der Waals surface area contributed by atoms with Crippen LogP contribution in [0.25, 0.3) is 5.52 Å². The predicted molar refractivity (Wildman–Crippen MR) is 59.2 cm³/mol. The highest BCUT2D eigenvalue weighted by atomic mass is 79.9. The van der Waals surface area contributed by atoms with Gasteiger partial charge in [-0.1, -0.05) is 11.6 Å². The Morgan fingerprint density at radius 1 is 1.67 bits per heavy atom. The Morgan fingerprint density at radius 3 is 3.07 bits per heavy atom. The first kappa shape index (κ1) is 10.4. The van der Waals surface area contributed by atoms with Gasteiger partial charge in [0.05, 0.1) is 10.5 Å². The quantitative estimate of drug-likeness (QED) is 0.923. The number of rotatable bonds is 2. The van der Waals surface area contributed by atoms with Crippen molar-refractivity contribution in [1.82, 2.24) is 9.38 Å². The SMILES string of the molecule is O=C(O)Cc1nc(Br)c2c(Cl)cccn12. The summed E-state index contributed by atoms with van der Waals surface area (Å²) in [6.07, 6.45) is 1.60. The third-order valence-corrected chi connectivity index (χ3v) is 2.81. The maximum Gasteiger partial charge on any atom is 0.311 e. The van der Waals surface area contributed by atoms with Crippen molar-refractivity contribution in [3.63, 3.8) is 0 Å². The summed E-state index contributed by atoms with van der Waals surface area (Å²) in [5.74, 6) is -0.471. The van der Waals surface area contributed by atoms with E-state index in [1.165, 1.54) is 0 Å². The second-order valence-corrected chi connectivity index (χ2v) is 4.12. The van der Waals surface area contributed by atoms with Crippen LogP contribution in [0.2, 0.25) is 5.02 Å². The van der Waals surface area contributed by atoms with E-state index in [0.717, 1.165) is 0 Å². The number of carboxylic acids is 1. The van der Waals surface area contributed by atoms with Crippen molar-refractivity contribution < 1.29 is 9.90 Å². The minimum absolute atomic E-state index is 0.132. The molecule has 0 spiro atoms. The molecule has 0 aliphatic heterocycles. The maximum atomic E-state index is 10.6. The molecule has 0 bridgehead atoms. The second kappa shape index (κ2) is 3.83. The number of aliphatic carboxylic acids is 1. The fourth-order valence-corrected chi connectivity index (χ4v) is 2.35. The van der Waals surface area contributed by atoms with Crippen LogP contribution in [0, 0.1) is 0 Å². The number of hydrogen-bond acceptors (Lipinski definition) is 2. The zero-order valence-corrected chi connectivity index (χ0v) is 9.79. The van der Waals surface area contributed by atoms with Crippen molar-refractivity contribution >= 4 is 39.0 Å². The van der Waals surface area contributed by atoms with Gasteiger partial charge in [-0.15, -0.1) is 0 Å². The van der Waals surface area contributed by atoms with Gasteiger partial charge in [-0.2, -0.15) is 0 Å². The molecule has 0 aromatic carbocycles. The van der Waals surface area contributed by atoms with Crippen molar-refractivity contribution in [2.45, 2.75) is 6.42 Å². The number of hydrogen-bond donors (Lipinski definition) is 1. The molecule has 1 N–H and O–H groups in total. The average Bonchev–Trinajstić information content (AvgIpc) is 2.44. The van der Waals surface area contributed by atoms with E-state index in [4.69, 9.17) is 16.7 Å². The van der Waals surface area contributed by atoms with Crippen LogP contribution >= 0.6 is 27.5 Å². The third kappa shape index (κ3) is 1.85. The molecular formula is C9H6BrClN2O2. The van der Waals surface area contributed by atoms with Crippen LogP contribution in [0.1, 0.15) is 5.82 Å². The summed E-state index contributed by atoms with van der Waals surface area (Å²) in [6.45, 7) is 0. The Labute approximate surface area is 98.6 Å². The van der Waals surface area contributed by atoms with Gasteiger partial charge in [0, 0.05) is 6.20 Å². The molecule has 0 saturated heterocycles. The molecule has 2 aromatic heterocycles. The minimum Gasteiger partial charge on any atom is -0.481 e. The van der Waals surface area contributed by atoms with E-state index in [0.29, 0.717) is 21.0 Å². The minimum atomic E-state index is -0.922. The summed E-state index contributed by atoms with van der Waals surface area (Å²) in [5, 5.41) is 9.24. The van der Waals surface area contributed by atoms with E-state index in [1.807, 2.05) is 0 Å². The lowest BCUT2D eigenvalue weighted by Gasteiger charge is -1.98. The molecule has 6 heteroatoms. The summed E-state index contributed by atoms with van der Waals surface area (Å²) in [5.41, 5.74) is 0.690. The number of pyridine rings is 1. The van der Waals surface area contributed by atoms with Crippen molar-refractivity contribution in [3.8, 4) is 0 Å². The third-order valence-electron chi connectivity index (χ3n) is 1.95. The first-order valence-electron chi connectivity index (χ1n) is 4.12. The highest BCUT2D eigenvalue weighted by molar-refractivity contribution is 9.10. The number of imidazole rings is 1. The van der Waals surface area contributed by atoms with Crippen LogP contribution in [0.5, 0.6) is 0 Å². The highest BCUT2D eigenvalue weighted by Crippen LogP contribution is 2.26. The molecule has 4 nitrogen and oxygen atoms in total. The lowest BCUT2D eigenvalue weighted by molar-refractivity contribution is -0.136. The highest BCUT2D eigenvalue weighted by Gasteiger charge is 2.13. The summed E-state index contributed by atoms with van der Waals surface area (Å²) >= 11 is 9.22. The van der Waals surface area contributed by atoms with Crippen molar-refractivity contribution in [3.05, 3.63) is 33.8 Å². The fraction of sp³-hybridized carbons (Fsp3) is 0.111. The van der Waals surface area contributed by atoms with Gasteiger partial charge in [0.25, 0.3) is 0 Å². The molecule has 2 aromatic rings. The van der Waals surface area contributed by atoms with Crippen molar-refractivity contribution in [1.29, 1.82) is 0 Å². The molecule has 0 unspecified atom stereocenters. The summed E-state index contributed by atoms with van der Waals surface area (Å²) in [6, 6.07) is 3.47. The Morgan fingerprint density at radius 2 is 2.40 bits per heavy atom. The smallest absolute Gasteiger partial charge is 0.311 e. The molecule has 0 fully saturated rings.